The van der Waals surface area contributed by atoms with E-state index < -0.39 is 0 Å². The monoisotopic (exact) mass is 360 g/mol. The Morgan fingerprint density at radius 2 is 1.96 bits per heavy atom. The Labute approximate surface area is 151 Å². The highest BCUT2D eigenvalue weighted by Gasteiger charge is 2.19. The lowest BCUT2D eigenvalue weighted by Crippen LogP contribution is -2.37. The largest absolute Gasteiger partial charge is 0.333 e. The summed E-state index contributed by atoms with van der Waals surface area (Å²) in [6.45, 7) is 1.27. The molecule has 0 saturated carbocycles. The van der Waals surface area contributed by atoms with E-state index in [-0.39, 0.29) is 18.4 Å². The van der Waals surface area contributed by atoms with Gasteiger partial charge < -0.3 is 10.2 Å². The number of amides is 2. The van der Waals surface area contributed by atoms with Gasteiger partial charge in [0.1, 0.15) is 5.82 Å². The molecule has 0 unspecified atom stereocenters. The van der Waals surface area contributed by atoms with Crippen LogP contribution in [0.15, 0.2) is 36.5 Å². The predicted octanol–water partition coefficient (Wildman–Crippen LogP) is 2.93. The Bertz CT molecular complexity index is 742. The van der Waals surface area contributed by atoms with Crippen LogP contribution in [-0.4, -0.2) is 39.6 Å². The molecule has 25 heavy (non-hydrogen) atoms. The minimum absolute atomic E-state index is 0.0577. The van der Waals surface area contributed by atoms with E-state index in [1.54, 1.807) is 21.8 Å². The first-order chi connectivity index (χ1) is 12.1. The normalized spacial score (nSPS) is 15.1. The van der Waals surface area contributed by atoms with Gasteiger partial charge >= 0.3 is 0 Å². The molecule has 0 aliphatic carbocycles. The van der Waals surface area contributed by atoms with Gasteiger partial charge in [-0.15, -0.1) is 0 Å². The van der Waals surface area contributed by atoms with Gasteiger partial charge in [0.2, 0.25) is 11.8 Å². The van der Waals surface area contributed by atoms with Crippen molar-refractivity contribution in [3.8, 4) is 0 Å². The van der Waals surface area contributed by atoms with Crippen LogP contribution in [0.1, 0.15) is 31.2 Å². The van der Waals surface area contributed by atoms with E-state index in [1.165, 1.54) is 0 Å². The molecule has 132 valence electrons. The van der Waals surface area contributed by atoms with Gasteiger partial charge in [0.05, 0.1) is 19.3 Å². The van der Waals surface area contributed by atoms with E-state index in [2.05, 4.69) is 10.4 Å². The zero-order valence-corrected chi connectivity index (χ0v) is 14.7. The highest BCUT2D eigenvalue weighted by molar-refractivity contribution is 6.30. The molecule has 0 atom stereocenters. The molecule has 1 aliphatic rings. The second kappa shape index (κ2) is 8.16. The van der Waals surface area contributed by atoms with Gasteiger partial charge in [-0.3, -0.25) is 9.59 Å². The van der Waals surface area contributed by atoms with E-state index >= 15 is 0 Å². The predicted molar refractivity (Wildman–Crippen MR) is 96.5 cm³/mol. The van der Waals surface area contributed by atoms with Crippen LogP contribution >= 0.6 is 11.6 Å². The van der Waals surface area contributed by atoms with Crippen LogP contribution in [0, 0.1) is 0 Å². The first kappa shape index (κ1) is 17.5. The summed E-state index contributed by atoms with van der Waals surface area (Å²) in [4.78, 5) is 26.0. The summed E-state index contributed by atoms with van der Waals surface area (Å²) in [5.74, 6) is 0.470. The standard InChI is InChI=1S/C18H21ClN4O2/c19-15-7-5-14(6-8-15)12-23-16(9-10-20-23)21-17(24)13-22-11-3-1-2-4-18(22)25/h5-10H,1-4,11-13H2,(H,21,24). The van der Waals surface area contributed by atoms with Crippen LogP contribution in [-0.2, 0) is 16.1 Å². The number of aromatic nitrogens is 2. The van der Waals surface area contributed by atoms with Crippen molar-refractivity contribution in [1.82, 2.24) is 14.7 Å². The van der Waals surface area contributed by atoms with Crippen molar-refractivity contribution in [2.45, 2.75) is 32.2 Å². The number of rotatable bonds is 5. The molecule has 1 aromatic carbocycles. The fraction of sp³-hybridized carbons (Fsp3) is 0.389. The Morgan fingerprint density at radius 1 is 1.16 bits per heavy atom. The molecule has 0 radical (unpaired) electrons. The van der Waals surface area contributed by atoms with Gasteiger partial charge in [0.15, 0.2) is 0 Å². The minimum Gasteiger partial charge on any atom is -0.333 e. The number of likely N-dealkylation sites (tertiary alicyclic amines) is 1. The van der Waals surface area contributed by atoms with Crippen LogP contribution in [0.5, 0.6) is 0 Å². The van der Waals surface area contributed by atoms with E-state index in [9.17, 15) is 9.59 Å². The summed E-state index contributed by atoms with van der Waals surface area (Å²) in [6.07, 6.45) is 5.07. The molecule has 2 amide bonds. The van der Waals surface area contributed by atoms with Crippen molar-refractivity contribution in [2.75, 3.05) is 18.4 Å². The fourth-order valence-corrected chi connectivity index (χ4v) is 3.02. The summed E-state index contributed by atoms with van der Waals surface area (Å²) in [5, 5.41) is 7.78. The summed E-state index contributed by atoms with van der Waals surface area (Å²) < 4.78 is 1.71. The van der Waals surface area contributed by atoms with Crippen LogP contribution in [0.4, 0.5) is 5.82 Å². The van der Waals surface area contributed by atoms with Crippen molar-refractivity contribution >= 4 is 29.2 Å². The highest BCUT2D eigenvalue weighted by atomic mass is 35.5. The first-order valence-corrected chi connectivity index (χ1v) is 8.83. The number of carbonyl (C=O) groups excluding carboxylic acids is 2. The number of nitrogens with one attached hydrogen (secondary N) is 1. The minimum atomic E-state index is -0.201. The number of hydrogen-bond donors (Lipinski definition) is 1. The molecule has 1 aliphatic heterocycles. The van der Waals surface area contributed by atoms with Gasteiger partial charge in [-0.25, -0.2) is 4.68 Å². The average Bonchev–Trinajstić information content (AvgIpc) is 2.91. The average molecular weight is 361 g/mol. The molecule has 1 N–H and O–H groups in total. The quantitative estimate of drug-likeness (QED) is 0.891. The Balaban J connectivity index is 1.61. The molecule has 7 heteroatoms. The summed E-state index contributed by atoms with van der Waals surface area (Å²) in [5.41, 5.74) is 1.03. The maximum Gasteiger partial charge on any atom is 0.245 e. The second-order valence-electron chi connectivity index (χ2n) is 6.17. The van der Waals surface area contributed by atoms with Crippen molar-refractivity contribution in [2.24, 2.45) is 0 Å². The van der Waals surface area contributed by atoms with Gasteiger partial charge in [-0.1, -0.05) is 30.2 Å². The number of benzene rings is 1. The second-order valence-corrected chi connectivity index (χ2v) is 6.61. The Hall–Kier alpha value is -2.34. The topological polar surface area (TPSA) is 67.2 Å². The third kappa shape index (κ3) is 4.82. The molecule has 2 aromatic rings. The molecule has 0 bridgehead atoms. The number of nitrogens with zero attached hydrogens (tertiary/aromatic N) is 3. The first-order valence-electron chi connectivity index (χ1n) is 8.46. The molecule has 6 nitrogen and oxygen atoms in total. The third-order valence-electron chi connectivity index (χ3n) is 4.24. The molecule has 2 heterocycles. The van der Waals surface area contributed by atoms with E-state index in [0.29, 0.717) is 30.4 Å². The number of anilines is 1. The number of hydrogen-bond acceptors (Lipinski definition) is 3. The molecule has 3 rings (SSSR count). The summed E-state index contributed by atoms with van der Waals surface area (Å²) in [7, 11) is 0. The number of carbonyl (C=O) groups is 2. The SMILES string of the molecule is O=C(CN1CCCCCC1=O)Nc1ccnn1Cc1ccc(Cl)cc1. The Morgan fingerprint density at radius 3 is 2.76 bits per heavy atom. The molecule has 0 spiro atoms. The molecule has 1 fully saturated rings. The smallest absolute Gasteiger partial charge is 0.245 e. The fourth-order valence-electron chi connectivity index (χ4n) is 2.89. The van der Waals surface area contributed by atoms with Crippen LogP contribution < -0.4 is 5.32 Å². The molecule has 1 aromatic heterocycles. The lowest BCUT2D eigenvalue weighted by Gasteiger charge is -2.20. The lowest BCUT2D eigenvalue weighted by atomic mass is 10.2. The number of halogens is 1. The van der Waals surface area contributed by atoms with Gasteiger partial charge in [-0.05, 0) is 30.5 Å². The van der Waals surface area contributed by atoms with Crippen LogP contribution in [0.2, 0.25) is 5.02 Å². The van der Waals surface area contributed by atoms with E-state index in [4.69, 9.17) is 11.6 Å². The van der Waals surface area contributed by atoms with Gasteiger partial charge in [0.25, 0.3) is 0 Å². The maximum absolute atomic E-state index is 12.3. The molecular formula is C18H21ClN4O2. The van der Waals surface area contributed by atoms with Crippen molar-refractivity contribution in [3.63, 3.8) is 0 Å². The van der Waals surface area contributed by atoms with Crippen LogP contribution in [0.25, 0.3) is 0 Å². The third-order valence-corrected chi connectivity index (χ3v) is 4.49. The Kier molecular flexibility index (Phi) is 5.71. The van der Waals surface area contributed by atoms with Crippen molar-refractivity contribution in [3.05, 3.63) is 47.1 Å². The van der Waals surface area contributed by atoms with E-state index in [0.717, 1.165) is 24.8 Å². The molecular weight excluding hydrogens is 340 g/mol. The molecule has 1 saturated heterocycles. The van der Waals surface area contributed by atoms with Crippen LogP contribution in [0.3, 0.4) is 0 Å². The van der Waals surface area contributed by atoms with Crippen molar-refractivity contribution < 1.29 is 9.59 Å². The highest BCUT2D eigenvalue weighted by Crippen LogP contribution is 2.14. The summed E-state index contributed by atoms with van der Waals surface area (Å²) >= 11 is 5.90. The van der Waals surface area contributed by atoms with E-state index in [1.807, 2.05) is 24.3 Å². The van der Waals surface area contributed by atoms with Crippen molar-refractivity contribution in [1.29, 1.82) is 0 Å². The zero-order valence-electron chi connectivity index (χ0n) is 13.9. The van der Waals surface area contributed by atoms with Gasteiger partial charge in [0, 0.05) is 24.1 Å². The summed E-state index contributed by atoms with van der Waals surface area (Å²) in [6, 6.07) is 9.24. The van der Waals surface area contributed by atoms with Gasteiger partial charge in [-0.2, -0.15) is 5.10 Å². The maximum atomic E-state index is 12.3. The zero-order chi connectivity index (χ0) is 17.6. The lowest BCUT2D eigenvalue weighted by molar-refractivity contribution is -0.134.